The molecule has 2 saturated carbocycles. The smallest absolute Gasteiger partial charge is 0.342 e. The van der Waals surface area contributed by atoms with Gasteiger partial charge in [0, 0.05) is 30.9 Å². The first-order valence-corrected chi connectivity index (χ1v) is 12.9. The van der Waals surface area contributed by atoms with Gasteiger partial charge in [0.05, 0.1) is 11.3 Å². The molecule has 0 aliphatic heterocycles. The summed E-state index contributed by atoms with van der Waals surface area (Å²) in [4.78, 5) is 21.6. The van der Waals surface area contributed by atoms with Gasteiger partial charge in [-0.3, -0.25) is 0 Å². The van der Waals surface area contributed by atoms with Gasteiger partial charge in [-0.05, 0) is 57.1 Å². The summed E-state index contributed by atoms with van der Waals surface area (Å²) in [6, 6.07) is 5.65. The van der Waals surface area contributed by atoms with Crippen molar-refractivity contribution in [3.63, 3.8) is 0 Å². The normalized spacial score (nSPS) is 17.1. The molecular weight excluding hydrogens is 453 g/mol. The third-order valence-electron chi connectivity index (χ3n) is 7.23. The van der Waals surface area contributed by atoms with Crippen LogP contribution in [0, 0.1) is 12.8 Å². The average Bonchev–Trinajstić information content (AvgIpc) is 3.52. The molecule has 2 amide bonds. The monoisotopic (exact) mass is 492 g/mol. The third kappa shape index (κ3) is 7.48. The number of aromatic nitrogens is 2. The van der Waals surface area contributed by atoms with Crippen molar-refractivity contribution in [2.24, 2.45) is 5.92 Å². The second-order valence-corrected chi connectivity index (χ2v) is 9.74. The number of aryl methyl sites for hydroxylation is 2. The SMILES string of the molecule is CCc1nc(-c2ccc(C(F)(F)F)cc2)[nH]c1C.CNC(=O)N(CC1CCCC1)C1CCCCC1. The summed E-state index contributed by atoms with van der Waals surface area (Å²) in [6.45, 7) is 4.88. The van der Waals surface area contributed by atoms with Crippen molar-refractivity contribution in [3.8, 4) is 11.4 Å². The van der Waals surface area contributed by atoms with Crippen LogP contribution >= 0.6 is 0 Å². The molecule has 1 aromatic heterocycles. The van der Waals surface area contributed by atoms with Gasteiger partial charge in [0.25, 0.3) is 0 Å². The van der Waals surface area contributed by atoms with Crippen LogP contribution in [0.1, 0.15) is 81.7 Å². The van der Waals surface area contributed by atoms with Crippen molar-refractivity contribution in [3.05, 3.63) is 41.2 Å². The molecule has 0 unspecified atom stereocenters. The van der Waals surface area contributed by atoms with Gasteiger partial charge in [-0.25, -0.2) is 9.78 Å². The van der Waals surface area contributed by atoms with E-state index in [1.807, 2.05) is 13.8 Å². The molecule has 2 aliphatic rings. The Kier molecular flexibility index (Phi) is 9.63. The van der Waals surface area contributed by atoms with E-state index in [9.17, 15) is 18.0 Å². The molecule has 1 aromatic carbocycles. The van der Waals surface area contributed by atoms with Crippen LogP contribution in [0.4, 0.5) is 18.0 Å². The molecule has 2 aliphatic carbocycles. The van der Waals surface area contributed by atoms with Crippen molar-refractivity contribution in [1.82, 2.24) is 20.2 Å². The number of benzene rings is 1. The van der Waals surface area contributed by atoms with E-state index in [0.717, 1.165) is 42.4 Å². The van der Waals surface area contributed by atoms with E-state index >= 15 is 0 Å². The number of imidazole rings is 1. The number of hydrogen-bond acceptors (Lipinski definition) is 2. The molecule has 194 valence electrons. The first kappa shape index (κ1) is 27.1. The van der Waals surface area contributed by atoms with Gasteiger partial charge in [0.15, 0.2) is 0 Å². The average molecular weight is 493 g/mol. The Morgan fingerprint density at radius 2 is 1.66 bits per heavy atom. The van der Waals surface area contributed by atoms with E-state index < -0.39 is 11.7 Å². The lowest BCUT2D eigenvalue weighted by Gasteiger charge is -2.35. The lowest BCUT2D eigenvalue weighted by Crippen LogP contribution is -2.47. The van der Waals surface area contributed by atoms with E-state index in [2.05, 4.69) is 20.2 Å². The number of carbonyl (C=O) groups is 1. The quantitative estimate of drug-likeness (QED) is 0.467. The Morgan fingerprint density at radius 1 is 1.06 bits per heavy atom. The standard InChI is InChI=1S/C14H26N2O.C13H13F3N2/c1-15-14(17)16(11-12-7-5-6-8-12)13-9-3-2-4-10-13;1-3-11-8(2)17-12(18-11)9-4-6-10(7-5-9)13(14,15)16/h12-13H,2-11H2,1H3,(H,15,17);4-7H,3H2,1-2H3,(H,17,18). The molecule has 1 heterocycles. The van der Waals surface area contributed by atoms with Gasteiger partial charge in [0.1, 0.15) is 5.82 Å². The van der Waals surface area contributed by atoms with Crippen LogP contribution in [-0.2, 0) is 12.6 Å². The minimum Gasteiger partial charge on any atom is -0.342 e. The highest BCUT2D eigenvalue weighted by atomic mass is 19.4. The van der Waals surface area contributed by atoms with Crippen LogP contribution in [-0.4, -0.2) is 40.5 Å². The molecule has 0 spiro atoms. The minimum atomic E-state index is -4.30. The molecule has 0 atom stereocenters. The number of H-pyrrole nitrogens is 1. The van der Waals surface area contributed by atoms with Crippen LogP contribution in [0.2, 0.25) is 0 Å². The van der Waals surface area contributed by atoms with Gasteiger partial charge < -0.3 is 15.2 Å². The van der Waals surface area contributed by atoms with Crippen LogP contribution in [0.15, 0.2) is 24.3 Å². The Labute approximate surface area is 206 Å². The van der Waals surface area contributed by atoms with Crippen molar-refractivity contribution in [1.29, 1.82) is 0 Å². The number of alkyl halides is 3. The predicted octanol–water partition coefficient (Wildman–Crippen LogP) is 7.12. The molecule has 35 heavy (non-hydrogen) atoms. The molecule has 2 N–H and O–H groups in total. The summed E-state index contributed by atoms with van der Waals surface area (Å²) in [5.74, 6) is 1.37. The minimum absolute atomic E-state index is 0.142. The maximum Gasteiger partial charge on any atom is 0.416 e. The van der Waals surface area contributed by atoms with E-state index in [-0.39, 0.29) is 6.03 Å². The Balaban J connectivity index is 0.000000196. The number of amides is 2. The van der Waals surface area contributed by atoms with E-state index in [1.54, 1.807) is 7.05 Å². The molecule has 0 saturated heterocycles. The highest BCUT2D eigenvalue weighted by molar-refractivity contribution is 5.74. The van der Waals surface area contributed by atoms with E-state index in [4.69, 9.17) is 0 Å². The van der Waals surface area contributed by atoms with Gasteiger partial charge in [-0.15, -0.1) is 0 Å². The van der Waals surface area contributed by atoms with Gasteiger partial charge >= 0.3 is 12.2 Å². The highest BCUT2D eigenvalue weighted by Gasteiger charge is 2.30. The van der Waals surface area contributed by atoms with Crippen LogP contribution < -0.4 is 5.32 Å². The van der Waals surface area contributed by atoms with Crippen LogP contribution in [0.5, 0.6) is 0 Å². The second kappa shape index (κ2) is 12.5. The summed E-state index contributed by atoms with van der Waals surface area (Å²) in [6.07, 6.45) is 8.21. The van der Waals surface area contributed by atoms with Crippen molar-refractivity contribution >= 4 is 6.03 Å². The largest absolute Gasteiger partial charge is 0.416 e. The number of nitrogens with zero attached hydrogens (tertiary/aromatic N) is 2. The Morgan fingerprint density at radius 3 is 2.17 bits per heavy atom. The number of aromatic amines is 1. The summed E-state index contributed by atoms with van der Waals surface area (Å²) >= 11 is 0. The number of nitrogens with one attached hydrogen (secondary N) is 2. The van der Waals surface area contributed by atoms with Crippen molar-refractivity contribution < 1.29 is 18.0 Å². The lowest BCUT2D eigenvalue weighted by atomic mass is 9.93. The summed E-state index contributed by atoms with van der Waals surface area (Å²) in [5, 5.41) is 2.82. The molecular formula is C27H39F3N4O. The van der Waals surface area contributed by atoms with Gasteiger partial charge in [-0.2, -0.15) is 13.2 Å². The first-order chi connectivity index (χ1) is 16.7. The van der Waals surface area contributed by atoms with Crippen molar-refractivity contribution in [2.75, 3.05) is 13.6 Å². The molecule has 2 aromatic rings. The molecule has 0 bridgehead atoms. The molecule has 4 rings (SSSR count). The molecule has 5 nitrogen and oxygen atoms in total. The highest BCUT2D eigenvalue weighted by Crippen LogP contribution is 2.31. The number of rotatable bonds is 5. The topological polar surface area (TPSA) is 61.0 Å². The predicted molar refractivity (Wildman–Crippen MR) is 133 cm³/mol. The summed E-state index contributed by atoms with van der Waals surface area (Å²) in [7, 11) is 1.76. The molecule has 8 heteroatoms. The summed E-state index contributed by atoms with van der Waals surface area (Å²) < 4.78 is 37.3. The first-order valence-electron chi connectivity index (χ1n) is 12.9. The van der Waals surface area contributed by atoms with Crippen LogP contribution in [0.25, 0.3) is 11.4 Å². The number of halogens is 3. The third-order valence-corrected chi connectivity index (χ3v) is 7.23. The molecule has 2 fully saturated rings. The fraction of sp³-hybridized carbons (Fsp3) is 0.630. The van der Waals surface area contributed by atoms with E-state index in [1.165, 1.54) is 69.9 Å². The zero-order valence-corrected chi connectivity index (χ0v) is 21.2. The fourth-order valence-electron chi connectivity index (χ4n) is 5.20. The maximum atomic E-state index is 12.4. The van der Waals surface area contributed by atoms with Crippen molar-refractivity contribution in [2.45, 2.75) is 90.3 Å². The zero-order valence-electron chi connectivity index (χ0n) is 21.2. The van der Waals surface area contributed by atoms with E-state index in [0.29, 0.717) is 17.4 Å². The number of carbonyl (C=O) groups excluding carboxylic acids is 1. The lowest BCUT2D eigenvalue weighted by molar-refractivity contribution is -0.137. The Hall–Kier alpha value is -2.51. The van der Waals surface area contributed by atoms with Gasteiger partial charge in [-0.1, -0.05) is 51.2 Å². The number of urea groups is 1. The molecule has 0 radical (unpaired) electrons. The fourth-order valence-corrected chi connectivity index (χ4v) is 5.20. The summed E-state index contributed by atoms with van der Waals surface area (Å²) in [5.41, 5.74) is 1.90. The Bertz CT molecular complexity index is 927. The zero-order chi connectivity index (χ0) is 25.4. The number of hydrogen-bond donors (Lipinski definition) is 2. The van der Waals surface area contributed by atoms with Crippen LogP contribution in [0.3, 0.4) is 0 Å². The maximum absolute atomic E-state index is 12.4. The second-order valence-electron chi connectivity index (χ2n) is 9.74. The van der Waals surface area contributed by atoms with Gasteiger partial charge in [0.2, 0.25) is 0 Å².